The van der Waals surface area contributed by atoms with Gasteiger partial charge in [0, 0.05) is 17.1 Å². The quantitative estimate of drug-likeness (QED) is 0.565. The first-order valence-electron chi connectivity index (χ1n) is 7.54. The summed E-state index contributed by atoms with van der Waals surface area (Å²) >= 11 is 3.15. The molecule has 0 aliphatic carbocycles. The Morgan fingerprint density at radius 2 is 1.88 bits per heavy atom. The Bertz CT molecular complexity index is 893. The number of ketones is 1. The molecule has 0 unspecified atom stereocenters. The molecular formula is C20H15BrFNO. The molecule has 3 rings (SSSR count). The van der Waals surface area contributed by atoms with E-state index in [1.807, 2.05) is 55.5 Å². The van der Waals surface area contributed by atoms with Crippen LogP contribution in [-0.4, -0.2) is 10.8 Å². The van der Waals surface area contributed by atoms with Gasteiger partial charge >= 0.3 is 0 Å². The molecule has 0 atom stereocenters. The zero-order valence-electron chi connectivity index (χ0n) is 13.1. The summed E-state index contributed by atoms with van der Waals surface area (Å²) in [5, 5.41) is 0. The van der Waals surface area contributed by atoms with E-state index >= 15 is 0 Å². The molecule has 3 aromatic rings. The van der Waals surface area contributed by atoms with Gasteiger partial charge in [-0.25, -0.2) is 9.37 Å². The lowest BCUT2D eigenvalue weighted by Gasteiger charge is -2.11. The molecule has 0 aliphatic rings. The van der Waals surface area contributed by atoms with Crippen LogP contribution >= 0.6 is 15.9 Å². The lowest BCUT2D eigenvalue weighted by molar-refractivity contribution is 0.0983. The third kappa shape index (κ3) is 3.44. The molecule has 0 N–H and O–H groups in total. The molecule has 4 heteroatoms. The predicted octanol–water partition coefficient (Wildman–Crippen LogP) is 5.38. The Morgan fingerprint density at radius 1 is 1.12 bits per heavy atom. The topological polar surface area (TPSA) is 30.0 Å². The van der Waals surface area contributed by atoms with Gasteiger partial charge in [0.1, 0.15) is 5.69 Å². The van der Waals surface area contributed by atoms with Crippen molar-refractivity contribution in [3.63, 3.8) is 0 Å². The standard InChI is InChI=1S/C20H15BrFNO/c1-13-15(8-5-9-17(13)14-6-3-2-4-7-14)10-19(24)20-18(22)11-16(21)12-23-20/h2-9,11-12H,10H2,1H3. The van der Waals surface area contributed by atoms with Crippen LogP contribution in [0.5, 0.6) is 0 Å². The molecule has 0 saturated carbocycles. The molecule has 0 aliphatic heterocycles. The van der Waals surface area contributed by atoms with Crippen LogP contribution in [0, 0.1) is 12.7 Å². The fourth-order valence-electron chi connectivity index (χ4n) is 2.68. The van der Waals surface area contributed by atoms with Gasteiger partial charge in [-0.2, -0.15) is 0 Å². The van der Waals surface area contributed by atoms with Crippen molar-refractivity contribution in [2.24, 2.45) is 0 Å². The second kappa shape index (κ2) is 7.05. The first-order chi connectivity index (χ1) is 11.6. The monoisotopic (exact) mass is 383 g/mol. The summed E-state index contributed by atoms with van der Waals surface area (Å²) in [5.41, 5.74) is 3.95. The SMILES string of the molecule is Cc1c(CC(=O)c2ncc(Br)cc2F)cccc1-c1ccccc1. The van der Waals surface area contributed by atoms with Crippen LogP contribution in [0.1, 0.15) is 21.6 Å². The van der Waals surface area contributed by atoms with E-state index < -0.39 is 5.82 Å². The molecule has 0 fully saturated rings. The van der Waals surface area contributed by atoms with Gasteiger partial charge in [-0.15, -0.1) is 0 Å². The van der Waals surface area contributed by atoms with Crippen LogP contribution in [0.15, 0.2) is 65.3 Å². The average molecular weight is 384 g/mol. The van der Waals surface area contributed by atoms with Crippen molar-refractivity contribution in [2.45, 2.75) is 13.3 Å². The molecule has 1 heterocycles. The van der Waals surface area contributed by atoms with E-state index in [1.165, 1.54) is 12.3 Å². The summed E-state index contributed by atoms with van der Waals surface area (Å²) in [6.45, 7) is 1.98. The number of rotatable bonds is 4. The lowest BCUT2D eigenvalue weighted by atomic mass is 9.93. The highest BCUT2D eigenvalue weighted by Gasteiger charge is 2.16. The molecule has 0 spiro atoms. The maximum Gasteiger partial charge on any atom is 0.188 e. The Morgan fingerprint density at radius 3 is 2.58 bits per heavy atom. The highest BCUT2D eigenvalue weighted by Crippen LogP contribution is 2.26. The fourth-order valence-corrected chi connectivity index (χ4v) is 2.99. The number of Topliss-reactive ketones (excluding diaryl/α,β-unsaturated/α-hetero) is 1. The molecule has 0 saturated heterocycles. The maximum absolute atomic E-state index is 13.9. The van der Waals surface area contributed by atoms with Gasteiger partial charge in [-0.05, 0) is 51.2 Å². The molecule has 120 valence electrons. The van der Waals surface area contributed by atoms with Crippen molar-refractivity contribution in [1.82, 2.24) is 4.98 Å². The molecular weight excluding hydrogens is 369 g/mol. The zero-order chi connectivity index (χ0) is 17.1. The molecule has 2 aromatic carbocycles. The van der Waals surface area contributed by atoms with E-state index in [1.54, 1.807) is 0 Å². The number of aromatic nitrogens is 1. The largest absolute Gasteiger partial charge is 0.292 e. The summed E-state index contributed by atoms with van der Waals surface area (Å²) < 4.78 is 14.4. The highest BCUT2D eigenvalue weighted by atomic mass is 79.9. The smallest absolute Gasteiger partial charge is 0.188 e. The van der Waals surface area contributed by atoms with E-state index in [4.69, 9.17) is 0 Å². The number of pyridine rings is 1. The molecule has 24 heavy (non-hydrogen) atoms. The Labute approximate surface area is 148 Å². The van der Waals surface area contributed by atoms with Gasteiger partial charge < -0.3 is 0 Å². The van der Waals surface area contributed by atoms with E-state index in [9.17, 15) is 9.18 Å². The highest BCUT2D eigenvalue weighted by molar-refractivity contribution is 9.10. The number of hydrogen-bond donors (Lipinski definition) is 0. The first kappa shape index (κ1) is 16.5. The summed E-state index contributed by atoms with van der Waals surface area (Å²) in [5.74, 6) is -0.931. The van der Waals surface area contributed by atoms with Crippen molar-refractivity contribution in [2.75, 3.05) is 0 Å². The number of benzene rings is 2. The molecule has 0 amide bonds. The van der Waals surface area contributed by atoms with Gasteiger partial charge in [0.25, 0.3) is 0 Å². The van der Waals surface area contributed by atoms with E-state index in [0.717, 1.165) is 22.3 Å². The Kier molecular flexibility index (Phi) is 4.86. The number of carbonyl (C=O) groups is 1. The predicted molar refractivity (Wildman–Crippen MR) is 96.5 cm³/mol. The maximum atomic E-state index is 13.9. The van der Waals surface area contributed by atoms with Crippen LogP contribution in [-0.2, 0) is 6.42 Å². The number of nitrogens with zero attached hydrogens (tertiary/aromatic N) is 1. The number of hydrogen-bond acceptors (Lipinski definition) is 2. The zero-order valence-corrected chi connectivity index (χ0v) is 14.7. The van der Waals surface area contributed by atoms with Gasteiger partial charge in [0.2, 0.25) is 0 Å². The Balaban J connectivity index is 1.92. The molecule has 1 aromatic heterocycles. The van der Waals surface area contributed by atoms with E-state index in [-0.39, 0.29) is 17.9 Å². The number of halogens is 2. The summed E-state index contributed by atoms with van der Waals surface area (Å²) in [7, 11) is 0. The summed E-state index contributed by atoms with van der Waals surface area (Å²) in [4.78, 5) is 16.3. The van der Waals surface area contributed by atoms with Crippen molar-refractivity contribution >= 4 is 21.7 Å². The number of carbonyl (C=O) groups excluding carboxylic acids is 1. The molecule has 0 bridgehead atoms. The van der Waals surface area contributed by atoms with Crippen molar-refractivity contribution in [1.29, 1.82) is 0 Å². The van der Waals surface area contributed by atoms with Gasteiger partial charge in [0.15, 0.2) is 11.6 Å². The van der Waals surface area contributed by atoms with Crippen LogP contribution in [0.3, 0.4) is 0 Å². The minimum Gasteiger partial charge on any atom is -0.292 e. The van der Waals surface area contributed by atoms with E-state index in [0.29, 0.717) is 4.47 Å². The summed E-state index contributed by atoms with van der Waals surface area (Å²) in [6.07, 6.45) is 1.56. The first-order valence-corrected chi connectivity index (χ1v) is 8.33. The van der Waals surface area contributed by atoms with Gasteiger partial charge in [-0.3, -0.25) is 4.79 Å². The van der Waals surface area contributed by atoms with Crippen LogP contribution < -0.4 is 0 Å². The second-order valence-corrected chi connectivity index (χ2v) is 6.46. The molecule has 0 radical (unpaired) electrons. The van der Waals surface area contributed by atoms with Crippen LogP contribution in [0.25, 0.3) is 11.1 Å². The van der Waals surface area contributed by atoms with Crippen LogP contribution in [0.2, 0.25) is 0 Å². The van der Waals surface area contributed by atoms with Crippen molar-refractivity contribution < 1.29 is 9.18 Å². The second-order valence-electron chi connectivity index (χ2n) is 5.54. The van der Waals surface area contributed by atoms with E-state index in [2.05, 4.69) is 20.9 Å². The fraction of sp³-hybridized carbons (Fsp3) is 0.100. The third-order valence-corrected chi connectivity index (χ3v) is 4.39. The third-order valence-electron chi connectivity index (χ3n) is 3.95. The minimum atomic E-state index is -0.605. The Hall–Kier alpha value is -2.33. The average Bonchev–Trinajstić information content (AvgIpc) is 2.57. The van der Waals surface area contributed by atoms with Gasteiger partial charge in [-0.1, -0.05) is 48.5 Å². The van der Waals surface area contributed by atoms with Crippen molar-refractivity contribution in [3.05, 3.63) is 87.9 Å². The lowest BCUT2D eigenvalue weighted by Crippen LogP contribution is -2.10. The van der Waals surface area contributed by atoms with Gasteiger partial charge in [0.05, 0.1) is 0 Å². The molecule has 2 nitrogen and oxygen atoms in total. The van der Waals surface area contributed by atoms with Crippen molar-refractivity contribution in [3.8, 4) is 11.1 Å². The normalized spacial score (nSPS) is 10.6. The van der Waals surface area contributed by atoms with Crippen LogP contribution in [0.4, 0.5) is 4.39 Å². The minimum absolute atomic E-state index is 0.122. The summed E-state index contributed by atoms with van der Waals surface area (Å²) in [6, 6.07) is 17.1.